The number of carbonyl (C=O) groups excluding carboxylic acids is 1. The predicted octanol–water partition coefficient (Wildman–Crippen LogP) is 2.56. The number of fused-ring (bicyclic) bond motifs is 1. The molecule has 132 valence electrons. The number of nitro benzene ring substituents is 2. The van der Waals surface area contributed by atoms with Crippen molar-refractivity contribution < 1.29 is 28.9 Å². The summed E-state index contributed by atoms with van der Waals surface area (Å²) in [5.41, 5.74) is -2.42. The Kier molecular flexibility index (Phi) is 4.01. The average molecular weight is 357 g/mol. The van der Waals surface area contributed by atoms with Gasteiger partial charge in [0.1, 0.15) is 23.0 Å². The van der Waals surface area contributed by atoms with Gasteiger partial charge in [0.25, 0.3) is 11.4 Å². The Morgan fingerprint density at radius 3 is 2.31 bits per heavy atom. The number of carbonyl (C=O) groups is 1. The highest BCUT2D eigenvalue weighted by Gasteiger charge is 2.29. The van der Waals surface area contributed by atoms with Gasteiger partial charge in [-0.2, -0.15) is 0 Å². The largest absolute Gasteiger partial charge is 0.863 e. The maximum atomic E-state index is 12.7. The molecule has 0 fully saturated rings. The first-order valence-corrected chi connectivity index (χ1v) is 7.08. The normalized spacial score (nSPS) is 10.7. The van der Waals surface area contributed by atoms with Gasteiger partial charge in [0.05, 0.1) is 34.3 Å². The van der Waals surface area contributed by atoms with Gasteiger partial charge in [-0.05, 0) is 24.3 Å². The quantitative estimate of drug-likeness (QED) is 0.384. The molecule has 1 heterocycles. The summed E-state index contributed by atoms with van der Waals surface area (Å²) in [5, 5.41) is 34.0. The van der Waals surface area contributed by atoms with E-state index in [-0.39, 0.29) is 22.1 Å². The third kappa shape index (κ3) is 2.59. The van der Waals surface area contributed by atoms with Crippen LogP contribution in [-0.2, 0) is 0 Å². The zero-order valence-corrected chi connectivity index (χ0v) is 13.1. The molecule has 10 nitrogen and oxygen atoms in total. The van der Waals surface area contributed by atoms with Crippen LogP contribution in [0.25, 0.3) is 11.0 Å². The van der Waals surface area contributed by atoms with Gasteiger partial charge in [0.15, 0.2) is 5.78 Å². The number of hydrogen-bond acceptors (Lipinski definition) is 8. The average Bonchev–Trinajstić information content (AvgIpc) is 3.03. The van der Waals surface area contributed by atoms with Gasteiger partial charge in [0.2, 0.25) is 0 Å². The predicted molar refractivity (Wildman–Crippen MR) is 85.4 cm³/mol. The van der Waals surface area contributed by atoms with E-state index < -0.39 is 32.8 Å². The molecule has 0 spiro atoms. The summed E-state index contributed by atoms with van der Waals surface area (Å²) >= 11 is 0. The molecule has 0 bridgehead atoms. The zero-order valence-electron chi connectivity index (χ0n) is 13.1. The highest BCUT2D eigenvalue weighted by molar-refractivity contribution is 6.18. The molecule has 3 aromatic rings. The first kappa shape index (κ1) is 16.9. The molecular formula is C16H9N2O8-. The van der Waals surface area contributed by atoms with Crippen molar-refractivity contribution in [1.29, 1.82) is 0 Å². The summed E-state index contributed by atoms with van der Waals surface area (Å²) in [4.78, 5) is 32.8. The van der Waals surface area contributed by atoms with Crippen molar-refractivity contribution >= 4 is 28.1 Å². The van der Waals surface area contributed by atoms with E-state index in [2.05, 4.69) is 0 Å². The monoisotopic (exact) mass is 357 g/mol. The minimum atomic E-state index is -1.39. The summed E-state index contributed by atoms with van der Waals surface area (Å²) in [5.74, 6) is -1.53. The number of rotatable bonds is 5. The van der Waals surface area contributed by atoms with Crippen LogP contribution in [0.1, 0.15) is 15.9 Å². The fourth-order valence-electron chi connectivity index (χ4n) is 2.52. The Morgan fingerprint density at radius 1 is 1.12 bits per heavy atom. The molecule has 1 aromatic heterocycles. The van der Waals surface area contributed by atoms with Crippen LogP contribution >= 0.6 is 0 Å². The number of nitro groups is 2. The molecule has 0 amide bonds. The highest BCUT2D eigenvalue weighted by Crippen LogP contribution is 2.42. The van der Waals surface area contributed by atoms with Crippen molar-refractivity contribution in [1.82, 2.24) is 0 Å². The first-order valence-electron chi connectivity index (χ1n) is 7.08. The molecule has 2 aromatic carbocycles. The van der Waals surface area contributed by atoms with Gasteiger partial charge in [0, 0.05) is 5.56 Å². The highest BCUT2D eigenvalue weighted by atomic mass is 16.6. The van der Waals surface area contributed by atoms with E-state index in [1.54, 1.807) is 0 Å². The molecular weight excluding hydrogens is 348 g/mol. The van der Waals surface area contributed by atoms with E-state index in [1.165, 1.54) is 31.4 Å². The van der Waals surface area contributed by atoms with Gasteiger partial charge in [-0.1, -0.05) is 0 Å². The Labute approximate surface area is 144 Å². The minimum Gasteiger partial charge on any atom is -0.863 e. The number of furan rings is 1. The van der Waals surface area contributed by atoms with Crippen LogP contribution in [0.3, 0.4) is 0 Å². The lowest BCUT2D eigenvalue weighted by atomic mass is 10.0. The van der Waals surface area contributed by atoms with Crippen LogP contribution in [0.15, 0.2) is 41.0 Å². The van der Waals surface area contributed by atoms with Gasteiger partial charge < -0.3 is 14.3 Å². The lowest BCUT2D eigenvalue weighted by Gasteiger charge is -2.08. The smallest absolute Gasteiger partial charge is 0.280 e. The summed E-state index contributed by atoms with van der Waals surface area (Å²) in [7, 11) is 1.45. The van der Waals surface area contributed by atoms with Gasteiger partial charge in [-0.25, -0.2) is 0 Å². The Balaban J connectivity index is 2.24. The molecule has 0 aliphatic heterocycles. The fourth-order valence-corrected chi connectivity index (χ4v) is 2.52. The van der Waals surface area contributed by atoms with E-state index in [0.29, 0.717) is 5.75 Å². The van der Waals surface area contributed by atoms with E-state index in [4.69, 9.17) is 9.15 Å². The second kappa shape index (κ2) is 6.16. The van der Waals surface area contributed by atoms with Crippen molar-refractivity contribution in [2.24, 2.45) is 0 Å². The van der Waals surface area contributed by atoms with Gasteiger partial charge in [-0.3, -0.25) is 25.0 Å². The number of ketones is 1. The standard InChI is InChI=1S/C16H10N2O8/c1-25-9-4-2-8(3-5-9)15(19)10-7-26-12-6-11(17(21)22)16(20)14(13(10)12)18(23)24/h2-7,20H,1H3/p-1. The van der Waals surface area contributed by atoms with Crippen LogP contribution in [0.2, 0.25) is 0 Å². The molecule has 0 aliphatic carbocycles. The molecule has 26 heavy (non-hydrogen) atoms. The molecule has 0 saturated carbocycles. The number of benzene rings is 2. The Bertz CT molecular complexity index is 1050. The SMILES string of the molecule is COc1ccc(C(=O)c2coc3cc([N+](=O)[O-])c([O-])c([N+](=O)[O-])c23)cc1. The summed E-state index contributed by atoms with van der Waals surface area (Å²) in [6.07, 6.45) is 0.938. The number of ether oxygens (including phenoxy) is 1. The van der Waals surface area contributed by atoms with Gasteiger partial charge >= 0.3 is 0 Å². The molecule has 0 saturated heterocycles. The Hall–Kier alpha value is -3.95. The van der Waals surface area contributed by atoms with Crippen molar-refractivity contribution in [2.75, 3.05) is 7.11 Å². The molecule has 0 unspecified atom stereocenters. The first-order chi connectivity index (χ1) is 12.3. The summed E-state index contributed by atoms with van der Waals surface area (Å²) in [6.45, 7) is 0. The second-order valence-electron chi connectivity index (χ2n) is 5.17. The van der Waals surface area contributed by atoms with Crippen molar-refractivity contribution in [3.8, 4) is 11.5 Å². The molecule has 0 radical (unpaired) electrons. The third-order valence-electron chi connectivity index (χ3n) is 3.75. The van der Waals surface area contributed by atoms with Gasteiger partial charge in [-0.15, -0.1) is 0 Å². The van der Waals surface area contributed by atoms with Crippen molar-refractivity contribution in [3.05, 3.63) is 68.0 Å². The number of methoxy groups -OCH3 is 1. The number of hydrogen-bond donors (Lipinski definition) is 0. The van der Waals surface area contributed by atoms with Crippen LogP contribution in [0, 0.1) is 20.2 Å². The Morgan fingerprint density at radius 2 is 1.77 bits per heavy atom. The summed E-state index contributed by atoms with van der Waals surface area (Å²) in [6, 6.07) is 6.70. The lowest BCUT2D eigenvalue weighted by Crippen LogP contribution is -2.05. The minimum absolute atomic E-state index is 0.175. The van der Waals surface area contributed by atoms with Crippen molar-refractivity contribution in [3.63, 3.8) is 0 Å². The van der Waals surface area contributed by atoms with E-state index in [0.717, 1.165) is 12.3 Å². The van der Waals surface area contributed by atoms with E-state index >= 15 is 0 Å². The van der Waals surface area contributed by atoms with Crippen LogP contribution in [0.5, 0.6) is 11.5 Å². The number of nitrogens with zero attached hydrogens (tertiary/aromatic N) is 2. The van der Waals surface area contributed by atoms with Crippen molar-refractivity contribution in [2.45, 2.75) is 0 Å². The van der Waals surface area contributed by atoms with E-state index in [1.807, 2.05) is 0 Å². The topological polar surface area (TPSA) is 149 Å². The second-order valence-corrected chi connectivity index (χ2v) is 5.17. The third-order valence-corrected chi connectivity index (χ3v) is 3.75. The van der Waals surface area contributed by atoms with Crippen LogP contribution in [-0.4, -0.2) is 22.7 Å². The zero-order chi connectivity index (χ0) is 19.0. The molecule has 0 aliphatic rings. The van der Waals surface area contributed by atoms with Crippen LogP contribution < -0.4 is 9.84 Å². The molecule has 0 atom stereocenters. The molecule has 3 rings (SSSR count). The maximum absolute atomic E-state index is 12.7. The summed E-state index contributed by atoms with van der Waals surface area (Å²) < 4.78 is 10.1. The van der Waals surface area contributed by atoms with Crippen LogP contribution in [0.4, 0.5) is 11.4 Å². The fraction of sp³-hybridized carbons (Fsp3) is 0.0625. The lowest BCUT2D eigenvalue weighted by molar-refractivity contribution is -0.415. The molecule has 0 N–H and O–H groups in total. The van der Waals surface area contributed by atoms with E-state index in [9.17, 15) is 30.1 Å². The molecule has 10 heteroatoms. The maximum Gasteiger partial charge on any atom is 0.280 e.